The number of esters is 3. The maximum absolute atomic E-state index is 13.0. The van der Waals surface area contributed by atoms with Gasteiger partial charge in [0.25, 0.3) is 0 Å². The van der Waals surface area contributed by atoms with Crippen LogP contribution in [0.3, 0.4) is 0 Å². The summed E-state index contributed by atoms with van der Waals surface area (Å²) in [5.41, 5.74) is -1.62. The van der Waals surface area contributed by atoms with Crippen LogP contribution in [0.2, 0.25) is 0 Å². The number of ether oxygens (including phenoxy) is 3. The predicted octanol–water partition coefficient (Wildman–Crippen LogP) is 2.73. The summed E-state index contributed by atoms with van der Waals surface area (Å²) in [5.74, 6) is -2.60. The van der Waals surface area contributed by atoms with Crippen molar-refractivity contribution < 1.29 is 28.6 Å². The fraction of sp³-hybridized carbons (Fsp3) is 0.850. The topological polar surface area (TPSA) is 78.9 Å². The van der Waals surface area contributed by atoms with Crippen molar-refractivity contribution in [1.82, 2.24) is 0 Å². The van der Waals surface area contributed by atoms with E-state index in [2.05, 4.69) is 0 Å². The Kier molecular flexibility index (Phi) is 4.60. The Labute approximate surface area is 154 Å². The molecule has 0 radical (unpaired) electrons. The van der Waals surface area contributed by atoms with E-state index in [-0.39, 0.29) is 29.7 Å². The van der Waals surface area contributed by atoms with Crippen LogP contribution in [0.4, 0.5) is 0 Å². The van der Waals surface area contributed by atoms with E-state index in [0.717, 1.165) is 12.8 Å². The maximum Gasteiger partial charge on any atom is 0.312 e. The van der Waals surface area contributed by atoms with E-state index >= 15 is 0 Å². The highest BCUT2D eigenvalue weighted by Crippen LogP contribution is 2.62. The summed E-state index contributed by atoms with van der Waals surface area (Å²) in [4.78, 5) is 38.1. The number of hydrogen-bond acceptors (Lipinski definition) is 6. The number of fused-ring (bicyclic) bond motifs is 1. The normalized spacial score (nSPS) is 38.3. The van der Waals surface area contributed by atoms with Gasteiger partial charge in [-0.3, -0.25) is 14.4 Å². The molecule has 3 saturated carbocycles. The summed E-state index contributed by atoms with van der Waals surface area (Å²) in [6, 6.07) is 0. The van der Waals surface area contributed by atoms with Gasteiger partial charge in [0.1, 0.15) is 6.10 Å². The first-order valence-electron chi connectivity index (χ1n) is 9.63. The fourth-order valence-corrected chi connectivity index (χ4v) is 5.24. The fourth-order valence-electron chi connectivity index (χ4n) is 5.24. The van der Waals surface area contributed by atoms with E-state index in [1.807, 2.05) is 34.6 Å². The van der Waals surface area contributed by atoms with Gasteiger partial charge in [-0.1, -0.05) is 20.8 Å². The second-order valence-electron chi connectivity index (χ2n) is 8.92. The van der Waals surface area contributed by atoms with E-state index in [0.29, 0.717) is 6.42 Å². The third-order valence-corrected chi connectivity index (χ3v) is 7.10. The Balaban J connectivity index is 2.08. The molecule has 0 amide bonds. The van der Waals surface area contributed by atoms with Crippen LogP contribution in [-0.4, -0.2) is 36.7 Å². The van der Waals surface area contributed by atoms with Gasteiger partial charge >= 0.3 is 17.9 Å². The van der Waals surface area contributed by atoms with Crippen molar-refractivity contribution in [1.29, 1.82) is 0 Å². The number of carbonyl (C=O) groups excluding carboxylic acids is 3. The molecule has 3 aliphatic carbocycles. The molecule has 6 unspecified atom stereocenters. The van der Waals surface area contributed by atoms with Crippen LogP contribution in [0.25, 0.3) is 0 Å². The molecule has 146 valence electrons. The van der Waals surface area contributed by atoms with Crippen LogP contribution in [-0.2, 0) is 28.6 Å². The summed E-state index contributed by atoms with van der Waals surface area (Å²) in [7, 11) is 1.34. The van der Waals surface area contributed by atoms with Crippen molar-refractivity contribution in [3.8, 4) is 0 Å². The average Bonchev–Trinajstić information content (AvgIpc) is 2.91. The van der Waals surface area contributed by atoms with Crippen molar-refractivity contribution in [2.45, 2.75) is 65.6 Å². The molecule has 0 aromatic heterocycles. The summed E-state index contributed by atoms with van der Waals surface area (Å²) in [5, 5.41) is 0. The van der Waals surface area contributed by atoms with Crippen LogP contribution in [0.1, 0.15) is 53.9 Å². The molecule has 4 aliphatic rings. The van der Waals surface area contributed by atoms with E-state index in [4.69, 9.17) is 14.2 Å². The predicted molar refractivity (Wildman–Crippen MR) is 92.8 cm³/mol. The molecule has 6 atom stereocenters. The molecular weight excluding hydrogens is 336 g/mol. The second kappa shape index (κ2) is 6.24. The Morgan fingerprint density at radius 2 is 1.96 bits per heavy atom. The lowest BCUT2D eigenvalue weighted by Crippen LogP contribution is -2.68. The standard InChI is InChI=1S/C20H30O6/c1-7-19(4,5)18(23)26-20(10(2)3)12-9-8-11-13(14(12)16(21)24-6)17(22)25-15(11)20/h10-15H,7-9H2,1-6H3. The third-order valence-electron chi connectivity index (χ3n) is 7.10. The molecule has 6 nitrogen and oxygen atoms in total. The van der Waals surface area contributed by atoms with Crippen LogP contribution >= 0.6 is 0 Å². The summed E-state index contributed by atoms with van der Waals surface area (Å²) in [6.07, 6.45) is 1.70. The van der Waals surface area contributed by atoms with Crippen molar-refractivity contribution >= 4 is 17.9 Å². The van der Waals surface area contributed by atoms with Gasteiger partial charge in [0.2, 0.25) is 0 Å². The van der Waals surface area contributed by atoms with Crippen molar-refractivity contribution in [2.24, 2.45) is 35.0 Å². The first kappa shape index (κ1) is 19.2. The van der Waals surface area contributed by atoms with E-state index < -0.39 is 34.9 Å². The monoisotopic (exact) mass is 366 g/mol. The van der Waals surface area contributed by atoms with Crippen molar-refractivity contribution in [3.63, 3.8) is 0 Å². The van der Waals surface area contributed by atoms with Crippen LogP contribution in [0.15, 0.2) is 0 Å². The molecular formula is C20H30O6. The molecule has 4 rings (SSSR count). The molecule has 26 heavy (non-hydrogen) atoms. The Bertz CT molecular complexity index is 624. The molecule has 1 saturated heterocycles. The minimum absolute atomic E-state index is 0.0871. The maximum atomic E-state index is 13.0. The zero-order valence-electron chi connectivity index (χ0n) is 16.5. The highest BCUT2D eigenvalue weighted by Gasteiger charge is 2.73. The first-order valence-corrected chi connectivity index (χ1v) is 9.63. The van der Waals surface area contributed by atoms with Crippen LogP contribution in [0, 0.1) is 35.0 Å². The van der Waals surface area contributed by atoms with Gasteiger partial charge in [-0.2, -0.15) is 0 Å². The smallest absolute Gasteiger partial charge is 0.312 e. The quantitative estimate of drug-likeness (QED) is 0.550. The largest absolute Gasteiger partial charge is 0.469 e. The van der Waals surface area contributed by atoms with E-state index in [9.17, 15) is 14.4 Å². The van der Waals surface area contributed by atoms with Gasteiger partial charge in [-0.25, -0.2) is 0 Å². The molecule has 4 bridgehead atoms. The molecule has 1 heterocycles. The minimum Gasteiger partial charge on any atom is -0.469 e. The highest BCUT2D eigenvalue weighted by molar-refractivity contribution is 5.86. The zero-order valence-corrected chi connectivity index (χ0v) is 16.5. The third kappa shape index (κ3) is 2.40. The molecule has 0 aromatic rings. The van der Waals surface area contributed by atoms with Crippen LogP contribution < -0.4 is 0 Å². The van der Waals surface area contributed by atoms with Crippen LogP contribution in [0.5, 0.6) is 0 Å². The molecule has 0 spiro atoms. The number of carbonyl (C=O) groups is 3. The second-order valence-corrected chi connectivity index (χ2v) is 8.92. The summed E-state index contributed by atoms with van der Waals surface area (Å²) in [6.45, 7) is 9.60. The van der Waals surface area contributed by atoms with Gasteiger partial charge in [0, 0.05) is 11.8 Å². The minimum atomic E-state index is -0.978. The molecule has 1 aliphatic heterocycles. The zero-order chi connectivity index (χ0) is 19.4. The Hall–Kier alpha value is -1.59. The average molecular weight is 366 g/mol. The Morgan fingerprint density at radius 3 is 2.50 bits per heavy atom. The van der Waals surface area contributed by atoms with Crippen molar-refractivity contribution in [3.05, 3.63) is 0 Å². The number of rotatable bonds is 5. The number of hydrogen-bond donors (Lipinski definition) is 0. The SMILES string of the molecule is CCC(C)(C)C(=O)OC1(C(C)C)C2CCC3C(C(=O)OC31)C2C(=O)OC. The Morgan fingerprint density at radius 1 is 1.31 bits per heavy atom. The van der Waals surface area contributed by atoms with Gasteiger partial charge in [0.15, 0.2) is 5.60 Å². The lowest BCUT2D eigenvalue weighted by atomic mass is 9.50. The highest BCUT2D eigenvalue weighted by atomic mass is 16.6. The summed E-state index contributed by atoms with van der Waals surface area (Å²) < 4.78 is 17.0. The lowest BCUT2D eigenvalue weighted by molar-refractivity contribution is -0.241. The molecule has 0 N–H and O–H groups in total. The van der Waals surface area contributed by atoms with E-state index in [1.54, 1.807) is 0 Å². The molecule has 0 aromatic carbocycles. The van der Waals surface area contributed by atoms with Gasteiger partial charge in [0.05, 0.1) is 24.4 Å². The van der Waals surface area contributed by atoms with Gasteiger partial charge in [-0.05, 0) is 39.0 Å². The van der Waals surface area contributed by atoms with Crippen molar-refractivity contribution in [2.75, 3.05) is 7.11 Å². The molecule has 4 fully saturated rings. The van der Waals surface area contributed by atoms with Gasteiger partial charge in [-0.15, -0.1) is 0 Å². The lowest BCUT2D eigenvalue weighted by Gasteiger charge is -2.57. The first-order chi connectivity index (χ1) is 12.1. The number of methoxy groups -OCH3 is 1. The van der Waals surface area contributed by atoms with E-state index in [1.165, 1.54) is 7.11 Å². The van der Waals surface area contributed by atoms with Gasteiger partial charge < -0.3 is 14.2 Å². The summed E-state index contributed by atoms with van der Waals surface area (Å²) >= 11 is 0. The molecule has 6 heteroatoms.